The third-order valence-corrected chi connectivity index (χ3v) is 4.48. The molecule has 0 aliphatic heterocycles. The van der Waals surface area contributed by atoms with Crippen molar-refractivity contribution in [1.82, 2.24) is 4.37 Å². The summed E-state index contributed by atoms with van der Waals surface area (Å²) in [4.78, 5) is 0. The van der Waals surface area contributed by atoms with Crippen molar-refractivity contribution in [3.8, 4) is 0 Å². The molecule has 0 radical (unpaired) electrons. The largest absolute Gasteiger partial charge is 0.375 e. The molecule has 0 spiro atoms. The molecule has 0 bridgehead atoms. The lowest BCUT2D eigenvalue weighted by Crippen LogP contribution is -1.99. The molecule has 0 fully saturated rings. The van der Waals surface area contributed by atoms with E-state index in [9.17, 15) is 0 Å². The molecule has 2 aromatic rings. The van der Waals surface area contributed by atoms with E-state index in [1.165, 1.54) is 41.8 Å². The molecular weight excluding hydrogens is 260 g/mol. The molecule has 1 N–H and O–H groups in total. The van der Waals surface area contributed by atoms with Gasteiger partial charge in [0.15, 0.2) is 0 Å². The first-order valence-electron chi connectivity index (χ1n) is 6.49. The molecule has 0 aliphatic rings. The summed E-state index contributed by atoms with van der Waals surface area (Å²) in [5.41, 5.74) is 1.10. The maximum Gasteiger partial charge on any atom is 0.117 e. The molecule has 1 aromatic carbocycles. The van der Waals surface area contributed by atoms with Crippen LogP contribution in [0.4, 0.5) is 5.00 Å². The molecule has 0 saturated carbocycles. The van der Waals surface area contributed by atoms with Crippen LogP contribution in [0.1, 0.15) is 25.7 Å². The number of rotatable bonds is 8. The lowest BCUT2D eigenvalue weighted by atomic mass is 10.2. The van der Waals surface area contributed by atoms with Gasteiger partial charge in [-0.3, -0.25) is 0 Å². The second kappa shape index (κ2) is 7.64. The molecule has 1 aromatic heterocycles. The molecule has 0 unspecified atom stereocenters. The number of nitrogens with zero attached hydrogens (tertiary/aromatic N) is 1. The smallest absolute Gasteiger partial charge is 0.117 e. The summed E-state index contributed by atoms with van der Waals surface area (Å²) in [6.07, 6.45) is 7.46. The van der Waals surface area contributed by atoms with Gasteiger partial charge in [0, 0.05) is 11.9 Å². The molecule has 0 aliphatic carbocycles. The zero-order valence-electron chi connectivity index (χ0n) is 10.8. The number of unbranched alkanes of at least 4 members (excludes halogenated alkanes) is 3. The fourth-order valence-electron chi connectivity index (χ4n) is 1.94. The highest BCUT2D eigenvalue weighted by atomic mass is 32.2. The van der Waals surface area contributed by atoms with Gasteiger partial charge in [0.05, 0.1) is 5.52 Å². The first-order valence-corrected chi connectivity index (χ1v) is 8.66. The van der Waals surface area contributed by atoms with Crippen LogP contribution in [0, 0.1) is 0 Å². The Morgan fingerprint density at radius 3 is 2.89 bits per heavy atom. The average molecular weight is 280 g/mol. The van der Waals surface area contributed by atoms with E-state index in [1.807, 2.05) is 17.8 Å². The van der Waals surface area contributed by atoms with Crippen molar-refractivity contribution in [1.29, 1.82) is 0 Å². The summed E-state index contributed by atoms with van der Waals surface area (Å²) in [5.74, 6) is 1.30. The third kappa shape index (κ3) is 3.89. The molecule has 0 saturated heterocycles. The number of fused-ring (bicyclic) bond motifs is 1. The zero-order valence-corrected chi connectivity index (χ0v) is 12.4. The Kier molecular flexibility index (Phi) is 5.81. The number of anilines is 1. The second-order valence-electron chi connectivity index (χ2n) is 4.36. The lowest BCUT2D eigenvalue weighted by Gasteiger charge is -2.03. The third-order valence-electron chi connectivity index (χ3n) is 2.94. The molecule has 2 nitrogen and oxygen atoms in total. The summed E-state index contributed by atoms with van der Waals surface area (Å²) in [7, 11) is 0. The molecule has 18 heavy (non-hydrogen) atoms. The van der Waals surface area contributed by atoms with Gasteiger partial charge in [0.25, 0.3) is 0 Å². The topological polar surface area (TPSA) is 24.9 Å². The molecule has 98 valence electrons. The molecular formula is C14H20N2S2. The average Bonchev–Trinajstić information content (AvgIpc) is 2.81. The van der Waals surface area contributed by atoms with E-state index >= 15 is 0 Å². The minimum absolute atomic E-state index is 1.06. The van der Waals surface area contributed by atoms with Crippen LogP contribution < -0.4 is 5.32 Å². The monoisotopic (exact) mass is 280 g/mol. The highest BCUT2D eigenvalue weighted by Crippen LogP contribution is 2.27. The van der Waals surface area contributed by atoms with Crippen LogP contribution in [0.15, 0.2) is 24.3 Å². The number of aromatic nitrogens is 1. The Bertz CT molecular complexity index is 468. The number of hydrogen-bond donors (Lipinski definition) is 1. The van der Waals surface area contributed by atoms with E-state index in [0.29, 0.717) is 0 Å². The number of thioether (sulfide) groups is 1. The van der Waals surface area contributed by atoms with E-state index in [-0.39, 0.29) is 0 Å². The van der Waals surface area contributed by atoms with Gasteiger partial charge in [-0.05, 0) is 48.5 Å². The molecule has 2 rings (SSSR count). The van der Waals surface area contributed by atoms with Gasteiger partial charge in [0.2, 0.25) is 0 Å². The standard InChI is InChI=1S/C14H20N2S2/c1-17-11-7-3-2-6-10-15-14-12-8-4-5-9-13(12)16-18-14/h4-5,8-9,15H,2-3,6-7,10-11H2,1H3. The number of benzene rings is 1. The van der Waals surface area contributed by atoms with Crippen LogP contribution in [0.5, 0.6) is 0 Å². The van der Waals surface area contributed by atoms with Crippen molar-refractivity contribution in [2.75, 3.05) is 23.9 Å². The molecule has 0 amide bonds. The van der Waals surface area contributed by atoms with Gasteiger partial charge in [-0.15, -0.1) is 0 Å². The summed E-state index contributed by atoms with van der Waals surface area (Å²) in [6, 6.07) is 8.32. The van der Waals surface area contributed by atoms with Crippen LogP contribution in [0.25, 0.3) is 10.9 Å². The van der Waals surface area contributed by atoms with Gasteiger partial charge in [-0.25, -0.2) is 0 Å². The predicted molar refractivity (Wildman–Crippen MR) is 85.0 cm³/mol. The van der Waals surface area contributed by atoms with Crippen LogP contribution in [-0.4, -0.2) is 22.9 Å². The van der Waals surface area contributed by atoms with E-state index in [1.54, 1.807) is 11.5 Å². The molecule has 4 heteroatoms. The number of hydrogen-bond acceptors (Lipinski definition) is 4. The summed E-state index contributed by atoms with van der Waals surface area (Å²) < 4.78 is 4.43. The molecule has 0 atom stereocenters. The van der Waals surface area contributed by atoms with E-state index in [2.05, 4.69) is 34.1 Å². The van der Waals surface area contributed by atoms with Crippen LogP contribution in [-0.2, 0) is 0 Å². The maximum atomic E-state index is 4.43. The van der Waals surface area contributed by atoms with E-state index in [0.717, 1.165) is 12.1 Å². The Labute approximate surface area is 117 Å². The Balaban J connectivity index is 1.70. The van der Waals surface area contributed by atoms with Crippen molar-refractivity contribution in [2.45, 2.75) is 25.7 Å². The van der Waals surface area contributed by atoms with Crippen molar-refractivity contribution in [3.63, 3.8) is 0 Å². The Morgan fingerprint density at radius 2 is 2.00 bits per heavy atom. The molecule has 1 heterocycles. The predicted octanol–water partition coefficient (Wildman–Crippen LogP) is 4.63. The zero-order chi connectivity index (χ0) is 12.6. The fraction of sp³-hybridized carbons (Fsp3) is 0.500. The quantitative estimate of drug-likeness (QED) is 0.714. The SMILES string of the molecule is CSCCCCCCNc1snc2ccccc12. The minimum atomic E-state index is 1.06. The van der Waals surface area contributed by atoms with Crippen molar-refractivity contribution < 1.29 is 0 Å². The van der Waals surface area contributed by atoms with Crippen molar-refractivity contribution >= 4 is 39.2 Å². The van der Waals surface area contributed by atoms with Crippen LogP contribution in [0.3, 0.4) is 0 Å². The van der Waals surface area contributed by atoms with Crippen molar-refractivity contribution in [3.05, 3.63) is 24.3 Å². The minimum Gasteiger partial charge on any atom is -0.375 e. The second-order valence-corrected chi connectivity index (χ2v) is 6.12. The first-order chi connectivity index (χ1) is 8.92. The first kappa shape index (κ1) is 13.7. The summed E-state index contributed by atoms with van der Waals surface area (Å²) in [5, 5.41) is 5.98. The highest BCUT2D eigenvalue weighted by molar-refractivity contribution is 7.98. The van der Waals surface area contributed by atoms with Gasteiger partial charge >= 0.3 is 0 Å². The lowest BCUT2D eigenvalue weighted by molar-refractivity contribution is 0.690. The van der Waals surface area contributed by atoms with Gasteiger partial charge < -0.3 is 5.32 Å². The normalized spacial score (nSPS) is 10.9. The maximum absolute atomic E-state index is 4.43. The van der Waals surface area contributed by atoms with Gasteiger partial charge in [-0.2, -0.15) is 16.1 Å². The van der Waals surface area contributed by atoms with Crippen molar-refractivity contribution in [2.24, 2.45) is 0 Å². The fourth-order valence-corrected chi connectivity index (χ4v) is 3.22. The van der Waals surface area contributed by atoms with E-state index < -0.39 is 0 Å². The highest BCUT2D eigenvalue weighted by Gasteiger charge is 2.03. The summed E-state index contributed by atoms with van der Waals surface area (Å²) >= 11 is 3.51. The van der Waals surface area contributed by atoms with Gasteiger partial charge in [0.1, 0.15) is 5.00 Å². The van der Waals surface area contributed by atoms with Crippen LogP contribution >= 0.6 is 23.3 Å². The van der Waals surface area contributed by atoms with Crippen LogP contribution in [0.2, 0.25) is 0 Å². The van der Waals surface area contributed by atoms with Gasteiger partial charge in [-0.1, -0.05) is 25.0 Å². The van der Waals surface area contributed by atoms with E-state index in [4.69, 9.17) is 0 Å². The summed E-state index contributed by atoms with van der Waals surface area (Å²) in [6.45, 7) is 1.06. The number of nitrogens with one attached hydrogen (secondary N) is 1. The Hall–Kier alpha value is -0.740. The Morgan fingerprint density at radius 1 is 1.17 bits per heavy atom.